The van der Waals surface area contributed by atoms with Crippen LogP contribution in [0, 0.1) is 6.07 Å². The molecule has 0 bridgehead atoms. The molecule has 8 aromatic rings. The van der Waals surface area contributed by atoms with Crippen molar-refractivity contribution in [1.29, 1.82) is 0 Å². The maximum absolute atomic E-state index is 12.1. The molecule has 8 heteroatoms. The molecule has 45 heavy (non-hydrogen) atoms. The van der Waals surface area contributed by atoms with Crippen molar-refractivity contribution in [1.82, 2.24) is 23.9 Å². The summed E-state index contributed by atoms with van der Waals surface area (Å²) in [6, 6.07) is 25.9. The van der Waals surface area contributed by atoms with Crippen LogP contribution in [-0.2, 0) is 31.9 Å². The molecule has 0 saturated heterocycles. The number of nitrogens with zero attached hydrogens (tertiary/aromatic N) is 5. The van der Waals surface area contributed by atoms with E-state index in [2.05, 4.69) is 85.8 Å². The molecule has 0 unspecified atom stereocenters. The van der Waals surface area contributed by atoms with E-state index in [1.165, 1.54) is 0 Å². The number of furan rings is 1. The Morgan fingerprint density at radius 1 is 0.822 bits per heavy atom. The minimum absolute atomic E-state index is 0. The van der Waals surface area contributed by atoms with Crippen molar-refractivity contribution >= 4 is 50.0 Å². The molecule has 1 N–H and O–H groups in total. The van der Waals surface area contributed by atoms with Crippen molar-refractivity contribution in [3.8, 4) is 22.6 Å². The number of para-hydroxylation sites is 4. The molecule has 5 heterocycles. The van der Waals surface area contributed by atoms with Gasteiger partial charge in [0.25, 0.3) is 0 Å². The van der Waals surface area contributed by atoms with Crippen LogP contribution in [0.25, 0.3) is 66.9 Å². The van der Waals surface area contributed by atoms with Gasteiger partial charge in [-0.25, -0.2) is 4.98 Å². The summed E-state index contributed by atoms with van der Waals surface area (Å²) in [5.74, 6) is 0.860. The zero-order valence-corrected chi connectivity index (χ0v) is 28.2. The topological polar surface area (TPSA) is 81.4 Å². The van der Waals surface area contributed by atoms with Gasteiger partial charge < -0.3 is 14.5 Å². The normalized spacial score (nSPS) is 12.6. The number of rotatable bonds is 2. The summed E-state index contributed by atoms with van der Waals surface area (Å²) in [6.07, 6.45) is 3.53. The molecule has 0 saturated carbocycles. The number of fused-ring (bicyclic) bond motifs is 8. The number of phenols is 1. The van der Waals surface area contributed by atoms with E-state index in [0.717, 1.165) is 50.1 Å². The molecule has 3 aromatic carbocycles. The second-order valence-corrected chi connectivity index (χ2v) is 13.6. The Morgan fingerprint density at radius 3 is 2.27 bits per heavy atom. The molecule has 228 valence electrons. The number of aromatic hydroxyl groups is 1. The van der Waals surface area contributed by atoms with Crippen LogP contribution < -0.4 is 0 Å². The van der Waals surface area contributed by atoms with Crippen molar-refractivity contribution in [2.75, 3.05) is 0 Å². The second kappa shape index (κ2) is 10.0. The SMILES string of the molecule is CC(C)(C)c1cc(-c2[c-]c3c(nc2)oc2c(C(C)(C)C)ccnc23)c(O)c(-n2c3ccccc3n3c4ccccc4nc23)c1.[Pt]. The summed E-state index contributed by atoms with van der Waals surface area (Å²) >= 11 is 0. The van der Waals surface area contributed by atoms with Gasteiger partial charge in [-0.15, -0.1) is 6.07 Å². The molecule has 0 atom stereocenters. The van der Waals surface area contributed by atoms with Crippen LogP contribution in [0.5, 0.6) is 5.75 Å². The quantitative estimate of drug-likeness (QED) is 0.178. The van der Waals surface area contributed by atoms with Crippen molar-refractivity contribution < 1.29 is 30.6 Å². The zero-order chi connectivity index (χ0) is 30.5. The summed E-state index contributed by atoms with van der Waals surface area (Å²) in [5, 5.41) is 12.8. The fraction of sp³-hybridized carbons (Fsp3) is 0.216. The number of hydrogen-bond acceptors (Lipinski definition) is 5. The Bertz CT molecular complexity index is 2440. The summed E-state index contributed by atoms with van der Waals surface area (Å²) in [7, 11) is 0. The van der Waals surface area contributed by atoms with Crippen LogP contribution in [0.3, 0.4) is 0 Å². The number of phenolic OH excluding ortho intramolecular Hbond substituents is 1. The molecule has 0 amide bonds. The first-order chi connectivity index (χ1) is 21.0. The van der Waals surface area contributed by atoms with Gasteiger partial charge >= 0.3 is 0 Å². The van der Waals surface area contributed by atoms with Crippen LogP contribution >= 0.6 is 0 Å². The van der Waals surface area contributed by atoms with Gasteiger partial charge in [0.05, 0.1) is 33.3 Å². The number of benzene rings is 3. The zero-order valence-electron chi connectivity index (χ0n) is 25.9. The minimum Gasteiger partial charge on any atom is -0.513 e. The van der Waals surface area contributed by atoms with E-state index in [-0.39, 0.29) is 37.6 Å². The van der Waals surface area contributed by atoms with Gasteiger partial charge in [-0.3, -0.25) is 14.0 Å². The van der Waals surface area contributed by atoms with Crippen molar-refractivity contribution in [2.24, 2.45) is 0 Å². The Balaban J connectivity index is 0.00000325. The molecule has 8 rings (SSSR count). The number of hydrogen-bond donors (Lipinski definition) is 1. The van der Waals surface area contributed by atoms with E-state index in [9.17, 15) is 5.11 Å². The van der Waals surface area contributed by atoms with Crippen LogP contribution in [0.15, 0.2) is 83.5 Å². The van der Waals surface area contributed by atoms with E-state index in [4.69, 9.17) is 14.4 Å². The maximum atomic E-state index is 12.1. The number of imidazole rings is 2. The fourth-order valence-corrected chi connectivity index (χ4v) is 6.22. The van der Waals surface area contributed by atoms with Crippen molar-refractivity contribution in [3.63, 3.8) is 0 Å². The molecule has 0 spiro atoms. The first-order valence-electron chi connectivity index (χ1n) is 14.9. The smallest absolute Gasteiger partial charge is 0.220 e. The van der Waals surface area contributed by atoms with Crippen LogP contribution in [0.2, 0.25) is 0 Å². The van der Waals surface area contributed by atoms with Crippen LogP contribution in [0.4, 0.5) is 0 Å². The van der Waals surface area contributed by atoms with E-state index >= 15 is 0 Å². The van der Waals surface area contributed by atoms with Crippen LogP contribution in [0.1, 0.15) is 52.7 Å². The predicted molar refractivity (Wildman–Crippen MR) is 176 cm³/mol. The average Bonchev–Trinajstić information content (AvgIpc) is 3.64. The van der Waals surface area contributed by atoms with E-state index in [1.54, 1.807) is 6.20 Å². The minimum atomic E-state index is -0.209. The molecule has 7 nitrogen and oxygen atoms in total. The summed E-state index contributed by atoms with van der Waals surface area (Å²) < 4.78 is 10.4. The van der Waals surface area contributed by atoms with Gasteiger partial charge in [-0.2, -0.15) is 0 Å². The monoisotopic (exact) mass is 773 g/mol. The van der Waals surface area contributed by atoms with Gasteiger partial charge in [-0.05, 0) is 75.5 Å². The summed E-state index contributed by atoms with van der Waals surface area (Å²) in [6.45, 7) is 13.0. The second-order valence-electron chi connectivity index (χ2n) is 13.6. The molecule has 0 radical (unpaired) electrons. The Labute approximate surface area is 274 Å². The third-order valence-corrected chi connectivity index (χ3v) is 8.53. The Kier molecular flexibility index (Phi) is 6.51. The van der Waals surface area contributed by atoms with Gasteiger partial charge in [0, 0.05) is 27.3 Å². The van der Waals surface area contributed by atoms with Crippen molar-refractivity contribution in [3.05, 3.63) is 96.3 Å². The molecular formula is C37H32N5O2Pt-. The molecular weight excluding hydrogens is 742 g/mol. The summed E-state index contributed by atoms with van der Waals surface area (Å²) in [4.78, 5) is 14.4. The van der Waals surface area contributed by atoms with Crippen LogP contribution in [-0.4, -0.2) is 29.0 Å². The first-order valence-corrected chi connectivity index (χ1v) is 14.9. The largest absolute Gasteiger partial charge is 0.513 e. The van der Waals surface area contributed by atoms with E-state index in [1.807, 2.05) is 48.7 Å². The third kappa shape index (κ3) is 4.39. The average molecular weight is 774 g/mol. The predicted octanol–water partition coefficient (Wildman–Crippen LogP) is 8.89. The molecule has 0 aliphatic rings. The molecule has 0 aliphatic carbocycles. The standard InChI is InChI=1S/C37H32N5O2.Pt/c1-36(2,3)22-18-23(21-17-24-31-33(44-34(24)39-20-21)25(15-16-38-31)37(4,5)6)32(43)30(19-22)42-29-14-10-9-13-28(29)41-27-12-8-7-11-26(27)40-35(41)42;/h7-16,18-20,43H,1-6H3;/q-1;. The first kappa shape index (κ1) is 29.2. The number of aromatic nitrogens is 5. The molecule has 0 aliphatic heterocycles. The van der Waals surface area contributed by atoms with Crippen molar-refractivity contribution in [2.45, 2.75) is 52.4 Å². The van der Waals surface area contributed by atoms with E-state index in [0.29, 0.717) is 27.9 Å². The Morgan fingerprint density at radius 2 is 1.53 bits per heavy atom. The van der Waals surface area contributed by atoms with E-state index < -0.39 is 0 Å². The molecule has 5 aromatic heterocycles. The number of pyridine rings is 2. The van der Waals surface area contributed by atoms with Gasteiger partial charge in [0.2, 0.25) is 5.78 Å². The maximum Gasteiger partial charge on any atom is 0.220 e. The Hall–Kier alpha value is -4.48. The molecule has 0 fully saturated rings. The third-order valence-electron chi connectivity index (χ3n) is 8.53. The van der Waals surface area contributed by atoms with Gasteiger partial charge in [-0.1, -0.05) is 77.4 Å². The van der Waals surface area contributed by atoms with Gasteiger partial charge in [0.15, 0.2) is 5.71 Å². The fourth-order valence-electron chi connectivity index (χ4n) is 6.22. The summed E-state index contributed by atoms with van der Waals surface area (Å²) in [5.41, 5.74) is 9.51. The van der Waals surface area contributed by atoms with Gasteiger partial charge in [0.1, 0.15) is 11.3 Å².